The van der Waals surface area contributed by atoms with E-state index in [9.17, 15) is 4.39 Å². The van der Waals surface area contributed by atoms with E-state index in [0.717, 1.165) is 23.1 Å². The molecule has 0 spiro atoms. The van der Waals surface area contributed by atoms with Gasteiger partial charge in [-0.15, -0.1) is 0 Å². The highest BCUT2D eigenvalue weighted by atomic mass is 79.9. The Hall–Kier alpha value is -0.450. The third-order valence-corrected chi connectivity index (χ3v) is 4.22. The van der Waals surface area contributed by atoms with E-state index < -0.39 is 0 Å². The molecule has 1 aliphatic rings. The highest BCUT2D eigenvalue weighted by Crippen LogP contribution is 2.28. The van der Waals surface area contributed by atoms with Gasteiger partial charge in [-0.2, -0.15) is 0 Å². The molecule has 0 aromatic heterocycles. The van der Waals surface area contributed by atoms with Crippen molar-refractivity contribution in [2.45, 2.75) is 38.9 Å². The monoisotopic (exact) mass is 314 g/mol. The summed E-state index contributed by atoms with van der Waals surface area (Å²) in [5, 5.41) is 3.45. The Balaban J connectivity index is 2.21. The van der Waals surface area contributed by atoms with Crippen molar-refractivity contribution < 1.29 is 4.39 Å². The van der Waals surface area contributed by atoms with E-state index in [1.54, 1.807) is 6.07 Å². The van der Waals surface area contributed by atoms with Gasteiger partial charge in [0.1, 0.15) is 5.82 Å². The lowest BCUT2D eigenvalue weighted by molar-refractivity contribution is 0.102. The van der Waals surface area contributed by atoms with E-state index in [1.165, 1.54) is 0 Å². The molecular formula is C14H20BrFN2. The van der Waals surface area contributed by atoms with Gasteiger partial charge < -0.3 is 5.32 Å². The van der Waals surface area contributed by atoms with Crippen molar-refractivity contribution in [2.24, 2.45) is 0 Å². The predicted molar refractivity (Wildman–Crippen MR) is 76.1 cm³/mol. The zero-order chi connectivity index (χ0) is 13.3. The minimum Gasteiger partial charge on any atom is -0.311 e. The fraction of sp³-hybridized carbons (Fsp3) is 0.571. The van der Waals surface area contributed by atoms with Gasteiger partial charge in [-0.05, 0) is 32.9 Å². The molecule has 1 fully saturated rings. The summed E-state index contributed by atoms with van der Waals surface area (Å²) in [4.78, 5) is 2.37. The van der Waals surface area contributed by atoms with Crippen LogP contribution in [0.4, 0.5) is 4.39 Å². The number of hydrogen-bond donors (Lipinski definition) is 1. The molecule has 1 aromatic carbocycles. The maximum absolute atomic E-state index is 14.0. The minimum absolute atomic E-state index is 0.109. The molecule has 1 saturated heterocycles. The fourth-order valence-electron chi connectivity index (χ4n) is 2.61. The molecule has 100 valence electrons. The van der Waals surface area contributed by atoms with Gasteiger partial charge in [0, 0.05) is 41.3 Å². The van der Waals surface area contributed by atoms with Gasteiger partial charge in [0.15, 0.2) is 0 Å². The molecule has 3 unspecified atom stereocenters. The van der Waals surface area contributed by atoms with Crippen LogP contribution in [0, 0.1) is 5.82 Å². The first-order valence-corrected chi connectivity index (χ1v) is 7.22. The van der Waals surface area contributed by atoms with Gasteiger partial charge in [0.25, 0.3) is 0 Å². The van der Waals surface area contributed by atoms with Crippen molar-refractivity contribution in [3.63, 3.8) is 0 Å². The number of nitrogens with one attached hydrogen (secondary N) is 1. The summed E-state index contributed by atoms with van der Waals surface area (Å²) in [5.74, 6) is -0.129. The van der Waals surface area contributed by atoms with Crippen LogP contribution in [0.1, 0.15) is 32.4 Å². The molecule has 0 radical (unpaired) electrons. The van der Waals surface area contributed by atoms with Gasteiger partial charge in [-0.25, -0.2) is 4.39 Å². The molecule has 0 amide bonds. The van der Waals surface area contributed by atoms with E-state index in [0.29, 0.717) is 12.1 Å². The predicted octanol–water partition coefficient (Wildman–Crippen LogP) is 3.33. The molecule has 1 heterocycles. The lowest BCUT2D eigenvalue weighted by atomic mass is 10.0. The SMILES string of the molecule is CC1CN(C(C)c2ccc(Br)cc2F)C(C)CN1. The average molecular weight is 315 g/mol. The average Bonchev–Trinajstić information content (AvgIpc) is 2.31. The van der Waals surface area contributed by atoms with E-state index in [4.69, 9.17) is 0 Å². The summed E-state index contributed by atoms with van der Waals surface area (Å²) >= 11 is 3.30. The van der Waals surface area contributed by atoms with Gasteiger partial charge >= 0.3 is 0 Å². The minimum atomic E-state index is -0.129. The number of nitrogens with zero attached hydrogens (tertiary/aromatic N) is 1. The van der Waals surface area contributed by atoms with Crippen LogP contribution < -0.4 is 5.32 Å². The molecule has 4 heteroatoms. The second kappa shape index (κ2) is 5.68. The Labute approximate surface area is 117 Å². The molecule has 1 aliphatic heterocycles. The zero-order valence-electron chi connectivity index (χ0n) is 11.1. The molecule has 3 atom stereocenters. The second-order valence-electron chi connectivity index (χ2n) is 5.20. The van der Waals surface area contributed by atoms with Crippen LogP contribution in [0.2, 0.25) is 0 Å². The molecule has 1 N–H and O–H groups in total. The van der Waals surface area contributed by atoms with Crippen molar-refractivity contribution in [3.05, 3.63) is 34.1 Å². The summed E-state index contributed by atoms with van der Waals surface area (Å²) in [6.45, 7) is 8.36. The molecule has 0 saturated carbocycles. The van der Waals surface area contributed by atoms with E-state index >= 15 is 0 Å². The standard InChI is InChI=1S/C14H20BrFN2/c1-9-8-18(10(2)7-17-9)11(3)13-5-4-12(15)6-14(13)16/h4-6,9-11,17H,7-8H2,1-3H3. The highest BCUT2D eigenvalue weighted by Gasteiger charge is 2.28. The number of hydrogen-bond acceptors (Lipinski definition) is 2. The van der Waals surface area contributed by atoms with Gasteiger partial charge in [-0.1, -0.05) is 22.0 Å². The smallest absolute Gasteiger partial charge is 0.129 e. The molecular weight excluding hydrogens is 295 g/mol. The van der Waals surface area contributed by atoms with Crippen molar-refractivity contribution in [1.82, 2.24) is 10.2 Å². The third kappa shape index (κ3) is 2.92. The van der Waals surface area contributed by atoms with Crippen molar-refractivity contribution in [2.75, 3.05) is 13.1 Å². The van der Waals surface area contributed by atoms with E-state index in [1.807, 2.05) is 12.1 Å². The van der Waals surface area contributed by atoms with Gasteiger partial charge in [0.05, 0.1) is 0 Å². The van der Waals surface area contributed by atoms with Crippen molar-refractivity contribution in [3.8, 4) is 0 Å². The number of benzene rings is 1. The largest absolute Gasteiger partial charge is 0.311 e. The Kier molecular flexibility index (Phi) is 4.41. The highest BCUT2D eigenvalue weighted by molar-refractivity contribution is 9.10. The quantitative estimate of drug-likeness (QED) is 0.900. The van der Waals surface area contributed by atoms with Crippen LogP contribution in [0.25, 0.3) is 0 Å². The third-order valence-electron chi connectivity index (χ3n) is 3.72. The first-order valence-electron chi connectivity index (χ1n) is 6.43. The van der Waals surface area contributed by atoms with Crippen molar-refractivity contribution in [1.29, 1.82) is 0 Å². The summed E-state index contributed by atoms with van der Waals surface area (Å²) in [6, 6.07) is 6.33. The second-order valence-corrected chi connectivity index (χ2v) is 6.11. The first kappa shape index (κ1) is 14.0. The Bertz CT molecular complexity index is 424. The summed E-state index contributed by atoms with van der Waals surface area (Å²) in [5.41, 5.74) is 0.777. The molecule has 1 aromatic rings. The normalized spacial score (nSPS) is 27.2. The fourth-order valence-corrected chi connectivity index (χ4v) is 2.94. The zero-order valence-corrected chi connectivity index (χ0v) is 12.7. The molecule has 18 heavy (non-hydrogen) atoms. The van der Waals surface area contributed by atoms with E-state index in [2.05, 4.69) is 46.9 Å². The van der Waals surface area contributed by atoms with Crippen LogP contribution in [-0.4, -0.2) is 30.1 Å². The molecule has 0 bridgehead atoms. The number of rotatable bonds is 2. The van der Waals surface area contributed by atoms with Crippen LogP contribution in [-0.2, 0) is 0 Å². The Morgan fingerprint density at radius 1 is 1.44 bits per heavy atom. The maximum Gasteiger partial charge on any atom is 0.129 e. The lowest BCUT2D eigenvalue weighted by Crippen LogP contribution is -2.54. The molecule has 2 rings (SSSR count). The van der Waals surface area contributed by atoms with Gasteiger partial charge in [-0.3, -0.25) is 4.90 Å². The first-order chi connectivity index (χ1) is 8.49. The molecule has 0 aliphatic carbocycles. The van der Waals surface area contributed by atoms with Crippen LogP contribution in [0.3, 0.4) is 0 Å². The Morgan fingerprint density at radius 3 is 2.83 bits per heavy atom. The van der Waals surface area contributed by atoms with Gasteiger partial charge in [0.2, 0.25) is 0 Å². The van der Waals surface area contributed by atoms with E-state index in [-0.39, 0.29) is 11.9 Å². The van der Waals surface area contributed by atoms with Crippen LogP contribution in [0.15, 0.2) is 22.7 Å². The maximum atomic E-state index is 14.0. The summed E-state index contributed by atoms with van der Waals surface area (Å²) in [7, 11) is 0. The number of halogens is 2. The lowest BCUT2D eigenvalue weighted by Gasteiger charge is -2.41. The van der Waals surface area contributed by atoms with Crippen LogP contribution >= 0.6 is 15.9 Å². The van der Waals surface area contributed by atoms with Crippen LogP contribution in [0.5, 0.6) is 0 Å². The summed E-state index contributed by atoms with van der Waals surface area (Å²) in [6.07, 6.45) is 0. The topological polar surface area (TPSA) is 15.3 Å². The Morgan fingerprint density at radius 2 is 2.17 bits per heavy atom. The van der Waals surface area contributed by atoms with Crippen molar-refractivity contribution >= 4 is 15.9 Å². The summed E-state index contributed by atoms with van der Waals surface area (Å²) < 4.78 is 14.8. The number of piperazine rings is 1. The molecule has 2 nitrogen and oxygen atoms in total.